The van der Waals surface area contributed by atoms with E-state index in [4.69, 9.17) is 4.52 Å². The van der Waals surface area contributed by atoms with E-state index < -0.39 is 0 Å². The molecule has 25 heavy (non-hydrogen) atoms. The van der Waals surface area contributed by atoms with Crippen molar-refractivity contribution in [3.63, 3.8) is 0 Å². The lowest BCUT2D eigenvalue weighted by Gasteiger charge is -2.14. The first-order chi connectivity index (χ1) is 12.2. The van der Waals surface area contributed by atoms with E-state index in [1.165, 1.54) is 0 Å². The minimum atomic E-state index is -0.0461. The van der Waals surface area contributed by atoms with E-state index in [1.54, 1.807) is 10.9 Å². The zero-order chi connectivity index (χ0) is 17.6. The van der Waals surface area contributed by atoms with Crippen molar-refractivity contribution in [2.45, 2.75) is 32.2 Å². The monoisotopic (exact) mass is 339 g/mol. The first-order valence-electron chi connectivity index (χ1n) is 8.31. The number of hydrogen-bond acceptors (Lipinski definition) is 5. The number of aromatic nitrogens is 4. The van der Waals surface area contributed by atoms with Crippen LogP contribution in [-0.4, -0.2) is 25.8 Å². The molecule has 3 aromatic rings. The Morgan fingerprint density at radius 2 is 2.12 bits per heavy atom. The second kappa shape index (κ2) is 7.74. The zero-order valence-electron chi connectivity index (χ0n) is 14.3. The number of carbonyl (C=O) groups is 1. The van der Waals surface area contributed by atoms with E-state index in [9.17, 15) is 4.79 Å². The maximum atomic E-state index is 12.2. The van der Waals surface area contributed by atoms with Crippen LogP contribution in [0.15, 0.2) is 47.2 Å². The second-order valence-corrected chi connectivity index (χ2v) is 5.85. The lowest BCUT2D eigenvalue weighted by atomic mass is 10.1. The summed E-state index contributed by atoms with van der Waals surface area (Å²) in [5.74, 6) is 0.955. The molecule has 130 valence electrons. The molecule has 7 nitrogen and oxygen atoms in total. The van der Waals surface area contributed by atoms with Crippen LogP contribution < -0.4 is 5.32 Å². The summed E-state index contributed by atoms with van der Waals surface area (Å²) in [6, 6.07) is 9.57. The van der Waals surface area contributed by atoms with E-state index >= 15 is 0 Å². The molecule has 0 saturated carbocycles. The molecule has 1 N–H and O–H groups in total. The SMILES string of the molecule is CCC(NC(=O)CCc1nc(-c2ccccc2)no1)c1cnn(C)c1. The van der Waals surface area contributed by atoms with Crippen LogP contribution >= 0.6 is 0 Å². The van der Waals surface area contributed by atoms with E-state index in [2.05, 4.69) is 20.6 Å². The summed E-state index contributed by atoms with van der Waals surface area (Å²) in [6.45, 7) is 2.03. The lowest BCUT2D eigenvalue weighted by Crippen LogP contribution is -2.28. The van der Waals surface area contributed by atoms with Crippen molar-refractivity contribution in [2.75, 3.05) is 0 Å². The predicted octanol–water partition coefficient (Wildman–Crippen LogP) is 2.67. The third kappa shape index (κ3) is 4.32. The van der Waals surface area contributed by atoms with Crippen LogP contribution in [0.25, 0.3) is 11.4 Å². The van der Waals surface area contributed by atoms with E-state index in [0.29, 0.717) is 24.6 Å². The van der Waals surface area contributed by atoms with Crippen molar-refractivity contribution in [1.29, 1.82) is 0 Å². The molecule has 0 spiro atoms. The van der Waals surface area contributed by atoms with Crippen LogP contribution in [0.2, 0.25) is 0 Å². The molecule has 1 atom stereocenters. The molecule has 1 aromatic carbocycles. The van der Waals surface area contributed by atoms with Gasteiger partial charge < -0.3 is 9.84 Å². The average molecular weight is 339 g/mol. The molecule has 1 amide bonds. The molecule has 0 aliphatic carbocycles. The van der Waals surface area contributed by atoms with Crippen LogP contribution in [0, 0.1) is 0 Å². The van der Waals surface area contributed by atoms with Crippen molar-refractivity contribution in [3.05, 3.63) is 54.2 Å². The molecule has 3 rings (SSSR count). The largest absolute Gasteiger partial charge is 0.349 e. The van der Waals surface area contributed by atoms with Gasteiger partial charge in [-0.25, -0.2) is 0 Å². The van der Waals surface area contributed by atoms with Gasteiger partial charge in [-0.2, -0.15) is 10.1 Å². The second-order valence-electron chi connectivity index (χ2n) is 5.85. The number of nitrogens with zero attached hydrogens (tertiary/aromatic N) is 4. The standard InChI is InChI=1S/C18H21N5O2/c1-3-15(14-11-19-23(2)12-14)20-16(24)9-10-17-21-18(22-25-17)13-7-5-4-6-8-13/h4-8,11-12,15H,3,9-10H2,1-2H3,(H,20,24). The average Bonchev–Trinajstić information content (AvgIpc) is 3.28. The number of rotatable bonds is 7. The smallest absolute Gasteiger partial charge is 0.227 e. The molecular weight excluding hydrogens is 318 g/mol. The van der Waals surface area contributed by atoms with Crippen LogP contribution in [0.1, 0.15) is 37.3 Å². The summed E-state index contributed by atoms with van der Waals surface area (Å²) < 4.78 is 6.96. The fourth-order valence-corrected chi connectivity index (χ4v) is 2.59. The summed E-state index contributed by atoms with van der Waals surface area (Å²) in [6.07, 6.45) is 5.20. The Labute approximate surface area is 146 Å². The highest BCUT2D eigenvalue weighted by Crippen LogP contribution is 2.17. The molecular formula is C18H21N5O2. The fraction of sp³-hybridized carbons (Fsp3) is 0.333. The van der Waals surface area contributed by atoms with Crippen molar-refractivity contribution in [3.8, 4) is 11.4 Å². The van der Waals surface area contributed by atoms with E-state index in [-0.39, 0.29) is 11.9 Å². The van der Waals surface area contributed by atoms with Gasteiger partial charge >= 0.3 is 0 Å². The fourth-order valence-electron chi connectivity index (χ4n) is 2.59. The van der Waals surface area contributed by atoms with Crippen molar-refractivity contribution < 1.29 is 9.32 Å². The van der Waals surface area contributed by atoms with Gasteiger partial charge in [0.1, 0.15) is 0 Å². The number of carbonyl (C=O) groups excluding carboxylic acids is 1. The number of amides is 1. The first-order valence-corrected chi connectivity index (χ1v) is 8.31. The van der Waals surface area contributed by atoms with Gasteiger partial charge in [0.05, 0.1) is 12.2 Å². The van der Waals surface area contributed by atoms with Gasteiger partial charge in [0, 0.05) is 37.2 Å². The molecule has 0 saturated heterocycles. The minimum Gasteiger partial charge on any atom is -0.349 e. The molecule has 0 fully saturated rings. The zero-order valence-corrected chi connectivity index (χ0v) is 14.3. The van der Waals surface area contributed by atoms with Gasteiger partial charge in [-0.05, 0) is 6.42 Å². The maximum absolute atomic E-state index is 12.2. The molecule has 0 aliphatic heterocycles. The Hall–Kier alpha value is -2.96. The Morgan fingerprint density at radius 3 is 2.80 bits per heavy atom. The van der Waals surface area contributed by atoms with Crippen molar-refractivity contribution in [2.24, 2.45) is 7.05 Å². The lowest BCUT2D eigenvalue weighted by molar-refractivity contribution is -0.121. The van der Waals surface area contributed by atoms with Crippen LogP contribution in [0.3, 0.4) is 0 Å². The predicted molar refractivity (Wildman–Crippen MR) is 92.4 cm³/mol. The molecule has 0 aliphatic rings. The Morgan fingerprint density at radius 1 is 1.32 bits per heavy atom. The van der Waals surface area contributed by atoms with Crippen molar-refractivity contribution in [1.82, 2.24) is 25.2 Å². The quantitative estimate of drug-likeness (QED) is 0.715. The number of hydrogen-bond donors (Lipinski definition) is 1. The van der Waals surface area contributed by atoms with Crippen LogP contribution in [0.4, 0.5) is 0 Å². The highest BCUT2D eigenvalue weighted by atomic mass is 16.5. The van der Waals surface area contributed by atoms with Gasteiger partial charge in [-0.1, -0.05) is 42.4 Å². The van der Waals surface area contributed by atoms with Gasteiger partial charge in [0.25, 0.3) is 0 Å². The van der Waals surface area contributed by atoms with E-state index in [1.807, 2.05) is 50.5 Å². The normalized spacial score (nSPS) is 12.1. The number of benzene rings is 1. The topological polar surface area (TPSA) is 85.8 Å². The summed E-state index contributed by atoms with van der Waals surface area (Å²) in [5, 5.41) is 11.1. The van der Waals surface area contributed by atoms with Gasteiger partial charge in [-0.15, -0.1) is 0 Å². The summed E-state index contributed by atoms with van der Waals surface area (Å²) in [7, 11) is 1.86. The van der Waals surface area contributed by atoms with Gasteiger partial charge in [-0.3, -0.25) is 9.48 Å². The summed E-state index contributed by atoms with van der Waals surface area (Å²) in [5.41, 5.74) is 1.90. The molecule has 7 heteroatoms. The first kappa shape index (κ1) is 16.9. The Balaban J connectivity index is 1.55. The summed E-state index contributed by atoms with van der Waals surface area (Å²) in [4.78, 5) is 16.6. The molecule has 2 aromatic heterocycles. The third-order valence-electron chi connectivity index (χ3n) is 3.94. The number of nitrogens with one attached hydrogen (secondary N) is 1. The molecule has 2 heterocycles. The Kier molecular flexibility index (Phi) is 5.23. The molecule has 1 unspecified atom stereocenters. The maximum Gasteiger partial charge on any atom is 0.227 e. The van der Waals surface area contributed by atoms with Crippen LogP contribution in [-0.2, 0) is 18.3 Å². The van der Waals surface area contributed by atoms with Gasteiger partial charge in [0.15, 0.2) is 0 Å². The van der Waals surface area contributed by atoms with Crippen molar-refractivity contribution >= 4 is 5.91 Å². The van der Waals surface area contributed by atoms with Crippen LogP contribution in [0.5, 0.6) is 0 Å². The Bertz CT molecular complexity index is 825. The molecule has 0 bridgehead atoms. The summed E-state index contributed by atoms with van der Waals surface area (Å²) >= 11 is 0. The minimum absolute atomic E-state index is 0.0382. The highest BCUT2D eigenvalue weighted by molar-refractivity contribution is 5.76. The van der Waals surface area contributed by atoms with E-state index in [0.717, 1.165) is 17.5 Å². The third-order valence-corrected chi connectivity index (χ3v) is 3.94. The molecule has 0 radical (unpaired) electrons. The van der Waals surface area contributed by atoms with Gasteiger partial charge in [0.2, 0.25) is 17.6 Å². The highest BCUT2D eigenvalue weighted by Gasteiger charge is 2.15. The number of aryl methyl sites for hydroxylation is 2.